The van der Waals surface area contributed by atoms with Gasteiger partial charge in [0, 0.05) is 5.56 Å². The van der Waals surface area contributed by atoms with Gasteiger partial charge in [0.05, 0.1) is 7.11 Å². The van der Waals surface area contributed by atoms with Crippen LogP contribution < -0.4 is 5.73 Å². The second kappa shape index (κ2) is 5.53. The van der Waals surface area contributed by atoms with Crippen molar-refractivity contribution in [3.05, 3.63) is 29.6 Å². The van der Waals surface area contributed by atoms with Gasteiger partial charge in [0.15, 0.2) is 11.6 Å². The van der Waals surface area contributed by atoms with E-state index in [0.717, 1.165) is 6.07 Å². The third-order valence-corrected chi connectivity index (χ3v) is 1.81. The van der Waals surface area contributed by atoms with E-state index in [2.05, 4.69) is 4.74 Å². The van der Waals surface area contributed by atoms with Gasteiger partial charge in [0.1, 0.15) is 6.04 Å². The number of halogens is 2. The van der Waals surface area contributed by atoms with Crippen LogP contribution in [0.25, 0.3) is 0 Å². The molecule has 0 heterocycles. The predicted octanol–water partition coefficient (Wildman–Crippen LogP) is 1.13. The maximum Gasteiger partial charge on any atom is 0.327 e. The lowest BCUT2D eigenvalue weighted by atomic mass is 10.1. The summed E-state index contributed by atoms with van der Waals surface area (Å²) in [4.78, 5) is 11.0. The van der Waals surface area contributed by atoms with Gasteiger partial charge in [0.2, 0.25) is 0 Å². The molecule has 0 saturated carbocycles. The van der Waals surface area contributed by atoms with Gasteiger partial charge in [-0.3, -0.25) is 4.79 Å². The number of rotatable bonds is 2. The van der Waals surface area contributed by atoms with E-state index in [0.29, 0.717) is 0 Å². The highest BCUT2D eigenvalue weighted by Crippen LogP contribution is 2.25. The number of hydrogen-bond donors (Lipinski definition) is 2. The summed E-state index contributed by atoms with van der Waals surface area (Å²) in [7, 11) is 1.17. The van der Waals surface area contributed by atoms with Gasteiger partial charge in [-0.25, -0.2) is 4.39 Å². The van der Waals surface area contributed by atoms with Crippen LogP contribution in [0.4, 0.5) is 4.39 Å². The second-order valence-corrected chi connectivity index (χ2v) is 2.68. The van der Waals surface area contributed by atoms with Crippen molar-refractivity contribution in [1.29, 1.82) is 0 Å². The fourth-order valence-corrected chi connectivity index (χ4v) is 1.04. The maximum atomic E-state index is 12.8. The van der Waals surface area contributed by atoms with Gasteiger partial charge in [-0.2, -0.15) is 0 Å². The molecule has 1 aromatic carbocycles. The number of carbonyl (C=O) groups excluding carboxylic acids is 1. The SMILES string of the molecule is COC(=O)[C@H](N)c1cccc(F)c1O.Cl. The highest BCUT2D eigenvalue weighted by atomic mass is 35.5. The molecule has 1 aromatic rings. The van der Waals surface area contributed by atoms with E-state index in [1.54, 1.807) is 0 Å². The van der Waals surface area contributed by atoms with Crippen LogP contribution >= 0.6 is 12.4 Å². The maximum absolute atomic E-state index is 12.8. The zero-order chi connectivity index (χ0) is 10.7. The van der Waals surface area contributed by atoms with Gasteiger partial charge >= 0.3 is 5.97 Å². The fraction of sp³-hybridized carbons (Fsp3) is 0.222. The van der Waals surface area contributed by atoms with E-state index in [1.807, 2.05) is 0 Å². The fourth-order valence-electron chi connectivity index (χ4n) is 1.04. The number of methoxy groups -OCH3 is 1. The first-order valence-electron chi connectivity index (χ1n) is 3.88. The number of carbonyl (C=O) groups is 1. The van der Waals surface area contributed by atoms with Crippen LogP contribution in [-0.4, -0.2) is 18.2 Å². The third kappa shape index (κ3) is 2.81. The average molecular weight is 236 g/mol. The van der Waals surface area contributed by atoms with Gasteiger partial charge < -0.3 is 15.6 Å². The molecule has 0 amide bonds. The molecular weight excluding hydrogens is 225 g/mol. The Morgan fingerprint density at radius 1 is 1.60 bits per heavy atom. The molecule has 0 saturated heterocycles. The molecule has 0 fully saturated rings. The molecule has 4 nitrogen and oxygen atoms in total. The Morgan fingerprint density at radius 3 is 2.73 bits per heavy atom. The first-order valence-corrected chi connectivity index (χ1v) is 3.88. The Balaban J connectivity index is 0.00000196. The van der Waals surface area contributed by atoms with E-state index in [-0.39, 0.29) is 18.0 Å². The number of ether oxygens (including phenoxy) is 1. The predicted molar refractivity (Wildman–Crippen MR) is 54.3 cm³/mol. The molecule has 1 rings (SSSR count). The smallest absolute Gasteiger partial charge is 0.327 e. The molecule has 0 radical (unpaired) electrons. The molecule has 1 atom stereocenters. The van der Waals surface area contributed by atoms with E-state index in [9.17, 15) is 14.3 Å². The van der Waals surface area contributed by atoms with Gasteiger partial charge in [0.25, 0.3) is 0 Å². The molecule has 0 bridgehead atoms. The van der Waals surface area contributed by atoms with Crippen LogP contribution in [0, 0.1) is 5.82 Å². The van der Waals surface area contributed by atoms with E-state index < -0.39 is 23.6 Å². The Kier molecular flexibility index (Phi) is 5.04. The van der Waals surface area contributed by atoms with Gasteiger partial charge in [-0.1, -0.05) is 12.1 Å². The van der Waals surface area contributed by atoms with E-state index in [4.69, 9.17) is 5.73 Å². The first-order chi connectivity index (χ1) is 6.57. The number of para-hydroxylation sites is 1. The van der Waals surface area contributed by atoms with Crippen LogP contribution in [0.5, 0.6) is 5.75 Å². The average Bonchev–Trinajstić information content (AvgIpc) is 2.20. The zero-order valence-electron chi connectivity index (χ0n) is 7.94. The highest BCUT2D eigenvalue weighted by Gasteiger charge is 2.21. The number of hydrogen-bond acceptors (Lipinski definition) is 4. The summed E-state index contributed by atoms with van der Waals surface area (Å²) in [5.41, 5.74) is 5.43. The van der Waals surface area contributed by atoms with Crippen molar-refractivity contribution in [3.63, 3.8) is 0 Å². The molecule has 15 heavy (non-hydrogen) atoms. The number of nitrogens with two attached hydrogens (primary N) is 1. The molecule has 0 unspecified atom stereocenters. The number of esters is 1. The minimum Gasteiger partial charge on any atom is -0.505 e. The molecule has 0 spiro atoms. The minimum atomic E-state index is -1.17. The lowest BCUT2D eigenvalue weighted by Crippen LogP contribution is -2.22. The van der Waals surface area contributed by atoms with Crippen molar-refractivity contribution in [1.82, 2.24) is 0 Å². The summed E-state index contributed by atoms with van der Waals surface area (Å²) in [5.74, 6) is -2.17. The van der Waals surface area contributed by atoms with E-state index in [1.165, 1.54) is 19.2 Å². The van der Waals surface area contributed by atoms with Crippen LogP contribution in [0.1, 0.15) is 11.6 Å². The van der Waals surface area contributed by atoms with E-state index >= 15 is 0 Å². The standard InChI is InChI=1S/C9H10FNO3.ClH/c1-14-9(13)7(11)5-3-2-4-6(10)8(5)12;/h2-4,7,12H,11H2,1H3;1H/t7-;/m1./s1. The Hall–Kier alpha value is -1.33. The number of aromatic hydroxyl groups is 1. The quantitative estimate of drug-likeness (QED) is 0.754. The van der Waals surface area contributed by atoms with Crippen molar-refractivity contribution in [2.24, 2.45) is 5.73 Å². The van der Waals surface area contributed by atoms with Crippen LogP contribution in [0.15, 0.2) is 18.2 Å². The number of benzene rings is 1. The molecule has 0 aromatic heterocycles. The first kappa shape index (κ1) is 13.7. The summed E-state index contributed by atoms with van der Waals surface area (Å²) < 4.78 is 17.2. The summed E-state index contributed by atoms with van der Waals surface area (Å²) >= 11 is 0. The van der Waals surface area contributed by atoms with Crippen LogP contribution in [0.2, 0.25) is 0 Å². The van der Waals surface area contributed by atoms with Crippen molar-refractivity contribution in [2.45, 2.75) is 6.04 Å². The second-order valence-electron chi connectivity index (χ2n) is 2.68. The molecular formula is C9H11ClFNO3. The normalized spacial score (nSPS) is 11.4. The van der Waals surface area contributed by atoms with Crippen LogP contribution in [0.3, 0.4) is 0 Å². The summed E-state index contributed by atoms with van der Waals surface area (Å²) in [5, 5.41) is 9.25. The minimum absolute atomic E-state index is 0. The summed E-state index contributed by atoms with van der Waals surface area (Å²) in [6.07, 6.45) is 0. The molecule has 3 N–H and O–H groups in total. The molecule has 84 valence electrons. The van der Waals surface area contributed by atoms with Crippen molar-refractivity contribution < 1.29 is 19.0 Å². The monoisotopic (exact) mass is 235 g/mol. The summed E-state index contributed by atoms with van der Waals surface area (Å²) in [6.45, 7) is 0. The van der Waals surface area contributed by atoms with Crippen molar-refractivity contribution in [3.8, 4) is 5.75 Å². The highest BCUT2D eigenvalue weighted by molar-refractivity contribution is 5.85. The van der Waals surface area contributed by atoms with Crippen molar-refractivity contribution >= 4 is 18.4 Å². The Labute approximate surface area is 92.3 Å². The number of phenolic OH excluding ortho intramolecular Hbond substituents is 1. The van der Waals surface area contributed by atoms with Gasteiger partial charge in [-0.15, -0.1) is 12.4 Å². The van der Waals surface area contributed by atoms with Crippen molar-refractivity contribution in [2.75, 3.05) is 7.11 Å². The molecule has 0 aliphatic carbocycles. The summed E-state index contributed by atoms with van der Waals surface area (Å²) in [6, 6.07) is 2.62. The lowest BCUT2D eigenvalue weighted by Gasteiger charge is -2.11. The number of phenols is 1. The Morgan fingerprint density at radius 2 is 2.20 bits per heavy atom. The Bertz CT molecular complexity index is 359. The third-order valence-electron chi connectivity index (χ3n) is 1.81. The largest absolute Gasteiger partial charge is 0.505 e. The molecule has 0 aliphatic heterocycles. The zero-order valence-corrected chi connectivity index (χ0v) is 8.75. The molecule has 6 heteroatoms. The topological polar surface area (TPSA) is 72.5 Å². The lowest BCUT2D eigenvalue weighted by molar-refractivity contribution is -0.142. The van der Waals surface area contributed by atoms with Gasteiger partial charge in [-0.05, 0) is 6.07 Å². The molecule has 0 aliphatic rings. The van der Waals surface area contributed by atoms with Crippen LogP contribution in [-0.2, 0) is 9.53 Å².